The highest BCUT2D eigenvalue weighted by Gasteiger charge is 2.49. The van der Waals surface area contributed by atoms with Gasteiger partial charge in [-0.25, -0.2) is 5.48 Å². The fourth-order valence-electron chi connectivity index (χ4n) is 5.34. The van der Waals surface area contributed by atoms with Gasteiger partial charge >= 0.3 is 0 Å². The van der Waals surface area contributed by atoms with E-state index in [1.54, 1.807) is 47.4 Å². The van der Waals surface area contributed by atoms with Crippen LogP contribution in [0.25, 0.3) is 0 Å². The molecule has 1 heterocycles. The summed E-state index contributed by atoms with van der Waals surface area (Å²) in [6.45, 7) is 0.178. The van der Waals surface area contributed by atoms with E-state index in [1.165, 1.54) is 0 Å². The van der Waals surface area contributed by atoms with Crippen LogP contribution in [0.5, 0.6) is 0 Å². The smallest absolute Gasteiger partial charge is 0.255 e. The summed E-state index contributed by atoms with van der Waals surface area (Å²) < 4.78 is 0. The molecule has 0 unspecified atom stereocenters. The standard InChI is InChI=1S/C29H26Cl2N2O4/c30-19-14-15-22(23(31)16-19)27-26(28(35)32-37-17-18-8-2-1-3-9-18)20-10-4-5-11-21(20)29(36)33(27)24-12-6-7-13-25(24)34/h1-5,8-11,14-16,24,26-27H,6-7,12-13,17H2,(H,32,35)/t24-,26-,27+/m1/s1. The number of hydrogen-bond donors (Lipinski definition) is 1. The first-order valence-electron chi connectivity index (χ1n) is 12.3. The zero-order valence-corrected chi connectivity index (χ0v) is 21.5. The Morgan fingerprint density at radius 3 is 2.46 bits per heavy atom. The maximum absolute atomic E-state index is 13.9. The van der Waals surface area contributed by atoms with Gasteiger partial charge in [0.25, 0.3) is 11.8 Å². The van der Waals surface area contributed by atoms with Crippen molar-refractivity contribution in [1.29, 1.82) is 0 Å². The van der Waals surface area contributed by atoms with Crippen LogP contribution in [0.4, 0.5) is 0 Å². The molecule has 0 saturated heterocycles. The van der Waals surface area contributed by atoms with Gasteiger partial charge in [-0.1, -0.05) is 84.2 Å². The van der Waals surface area contributed by atoms with Gasteiger partial charge < -0.3 is 4.90 Å². The molecule has 1 N–H and O–H groups in total. The van der Waals surface area contributed by atoms with Gasteiger partial charge in [-0.3, -0.25) is 19.2 Å². The molecule has 1 fully saturated rings. The van der Waals surface area contributed by atoms with Gasteiger partial charge in [-0.05, 0) is 47.7 Å². The molecule has 6 nitrogen and oxygen atoms in total. The SMILES string of the molecule is O=C(NOCc1ccccc1)[C@@H]1c2ccccc2C(=O)N([C@@H]2CCCCC2=O)[C@H]1c1ccc(Cl)cc1Cl. The van der Waals surface area contributed by atoms with Crippen molar-refractivity contribution < 1.29 is 19.2 Å². The minimum Gasteiger partial charge on any atom is -0.320 e. The maximum Gasteiger partial charge on any atom is 0.255 e. The number of Topliss-reactive ketones (excluding diaryl/α,β-unsaturated/α-hetero) is 1. The maximum atomic E-state index is 13.9. The van der Waals surface area contributed by atoms with Crippen molar-refractivity contribution in [3.8, 4) is 0 Å². The van der Waals surface area contributed by atoms with Crippen molar-refractivity contribution in [1.82, 2.24) is 10.4 Å². The molecule has 1 aliphatic heterocycles. The van der Waals surface area contributed by atoms with E-state index >= 15 is 0 Å². The number of rotatable bonds is 6. The summed E-state index contributed by atoms with van der Waals surface area (Å²) in [6, 6.07) is 20.0. The van der Waals surface area contributed by atoms with Crippen LogP contribution in [0.15, 0.2) is 72.8 Å². The van der Waals surface area contributed by atoms with Gasteiger partial charge in [0.1, 0.15) is 0 Å². The second-order valence-corrected chi connectivity index (χ2v) is 10.2. The zero-order chi connectivity index (χ0) is 25.9. The van der Waals surface area contributed by atoms with Crippen LogP contribution in [0.1, 0.15) is 64.7 Å². The van der Waals surface area contributed by atoms with Crippen molar-refractivity contribution in [3.63, 3.8) is 0 Å². The number of nitrogens with zero attached hydrogens (tertiary/aromatic N) is 1. The van der Waals surface area contributed by atoms with Gasteiger partial charge in [0.15, 0.2) is 5.78 Å². The summed E-state index contributed by atoms with van der Waals surface area (Å²) in [5.41, 5.74) is 4.99. The molecule has 1 aliphatic carbocycles. The Bertz CT molecular complexity index is 1330. The number of amides is 2. The van der Waals surface area contributed by atoms with Crippen LogP contribution >= 0.6 is 23.2 Å². The lowest BCUT2D eigenvalue weighted by Gasteiger charge is -2.46. The van der Waals surface area contributed by atoms with Gasteiger partial charge in [-0.15, -0.1) is 0 Å². The Balaban J connectivity index is 1.58. The number of carbonyl (C=O) groups is 3. The van der Waals surface area contributed by atoms with Gasteiger partial charge in [-0.2, -0.15) is 0 Å². The molecule has 5 rings (SSSR count). The van der Waals surface area contributed by atoms with Gasteiger partial charge in [0.05, 0.1) is 24.6 Å². The van der Waals surface area contributed by atoms with Crippen LogP contribution in [-0.4, -0.2) is 28.5 Å². The number of hydroxylamine groups is 1. The minimum absolute atomic E-state index is 0.00597. The van der Waals surface area contributed by atoms with Crippen LogP contribution < -0.4 is 5.48 Å². The van der Waals surface area contributed by atoms with E-state index in [4.69, 9.17) is 28.0 Å². The third kappa shape index (κ3) is 5.14. The van der Waals surface area contributed by atoms with E-state index < -0.39 is 23.9 Å². The van der Waals surface area contributed by atoms with Crippen LogP contribution in [0.3, 0.4) is 0 Å². The summed E-state index contributed by atoms with van der Waals surface area (Å²) in [4.78, 5) is 48.0. The quantitative estimate of drug-likeness (QED) is 0.390. The first kappa shape index (κ1) is 25.5. The number of fused-ring (bicyclic) bond motifs is 1. The predicted molar refractivity (Wildman–Crippen MR) is 141 cm³/mol. The predicted octanol–water partition coefficient (Wildman–Crippen LogP) is 6.03. The van der Waals surface area contributed by atoms with E-state index in [9.17, 15) is 14.4 Å². The first-order chi connectivity index (χ1) is 18.0. The fraction of sp³-hybridized carbons (Fsp3) is 0.276. The lowest BCUT2D eigenvalue weighted by atomic mass is 9.77. The summed E-state index contributed by atoms with van der Waals surface area (Å²) >= 11 is 12.8. The zero-order valence-electron chi connectivity index (χ0n) is 20.0. The summed E-state index contributed by atoms with van der Waals surface area (Å²) in [5.74, 6) is -1.59. The Morgan fingerprint density at radius 2 is 1.70 bits per heavy atom. The molecule has 0 aromatic heterocycles. The summed E-state index contributed by atoms with van der Waals surface area (Å²) in [5, 5.41) is 0.754. The second-order valence-electron chi connectivity index (χ2n) is 9.36. The van der Waals surface area contributed by atoms with E-state index in [-0.39, 0.29) is 18.3 Å². The normalized spacial score (nSPS) is 21.5. The Hall–Kier alpha value is -3.19. The van der Waals surface area contributed by atoms with Crippen LogP contribution in [-0.2, 0) is 21.0 Å². The molecule has 0 bridgehead atoms. The molecule has 37 heavy (non-hydrogen) atoms. The highest BCUT2D eigenvalue weighted by atomic mass is 35.5. The number of hydrogen-bond acceptors (Lipinski definition) is 4. The topological polar surface area (TPSA) is 75.7 Å². The molecule has 8 heteroatoms. The van der Waals surface area contributed by atoms with E-state index in [2.05, 4.69) is 5.48 Å². The van der Waals surface area contributed by atoms with Crippen molar-refractivity contribution in [2.75, 3.05) is 0 Å². The van der Waals surface area contributed by atoms with Crippen molar-refractivity contribution in [3.05, 3.63) is 105 Å². The summed E-state index contributed by atoms with van der Waals surface area (Å²) in [6.07, 6.45) is 2.54. The molecule has 3 aromatic carbocycles. The molecule has 3 aromatic rings. The lowest BCUT2D eigenvalue weighted by Crippen LogP contribution is -2.54. The van der Waals surface area contributed by atoms with Gasteiger partial charge in [0, 0.05) is 22.0 Å². The van der Waals surface area contributed by atoms with E-state index in [1.807, 2.05) is 30.3 Å². The number of carbonyl (C=O) groups excluding carboxylic acids is 3. The second kappa shape index (κ2) is 11.1. The summed E-state index contributed by atoms with van der Waals surface area (Å²) in [7, 11) is 0. The molecule has 0 radical (unpaired) electrons. The van der Waals surface area contributed by atoms with Crippen molar-refractivity contribution >= 4 is 40.8 Å². The van der Waals surface area contributed by atoms with Crippen LogP contribution in [0, 0.1) is 0 Å². The average Bonchev–Trinajstić information content (AvgIpc) is 2.90. The largest absolute Gasteiger partial charge is 0.320 e. The number of ketones is 1. The highest BCUT2D eigenvalue weighted by molar-refractivity contribution is 6.35. The average molecular weight is 537 g/mol. The molecule has 2 amide bonds. The molecular formula is C29H26Cl2N2O4. The molecule has 3 atom stereocenters. The van der Waals surface area contributed by atoms with Crippen LogP contribution in [0.2, 0.25) is 10.0 Å². The molecule has 1 saturated carbocycles. The van der Waals surface area contributed by atoms with E-state index in [0.717, 1.165) is 18.4 Å². The van der Waals surface area contributed by atoms with E-state index in [0.29, 0.717) is 39.6 Å². The Kier molecular flexibility index (Phi) is 7.60. The first-order valence-corrected chi connectivity index (χ1v) is 13.1. The number of benzene rings is 3. The molecule has 190 valence electrons. The van der Waals surface area contributed by atoms with Gasteiger partial charge in [0.2, 0.25) is 0 Å². The third-order valence-electron chi connectivity index (χ3n) is 7.05. The lowest BCUT2D eigenvalue weighted by molar-refractivity contribution is -0.139. The van der Waals surface area contributed by atoms with Crippen molar-refractivity contribution in [2.24, 2.45) is 0 Å². The molecule has 2 aliphatic rings. The Morgan fingerprint density at radius 1 is 0.946 bits per heavy atom. The Labute approximate surface area is 225 Å². The third-order valence-corrected chi connectivity index (χ3v) is 7.61. The molecular weight excluding hydrogens is 511 g/mol. The monoisotopic (exact) mass is 536 g/mol. The van der Waals surface area contributed by atoms with Crippen molar-refractivity contribution in [2.45, 2.75) is 50.3 Å². The fourth-order valence-corrected chi connectivity index (χ4v) is 5.86. The number of nitrogens with one attached hydrogen (secondary N) is 1. The highest BCUT2D eigenvalue weighted by Crippen LogP contribution is 2.47. The minimum atomic E-state index is -0.863. The molecule has 0 spiro atoms. The number of halogens is 2.